The first-order valence-corrected chi connectivity index (χ1v) is 5.83. The quantitative estimate of drug-likeness (QED) is 0.806. The van der Waals surface area contributed by atoms with Crippen LogP contribution in [-0.2, 0) is 14.2 Å². The summed E-state index contributed by atoms with van der Waals surface area (Å²) in [6, 6.07) is 6.18. The highest BCUT2D eigenvalue weighted by molar-refractivity contribution is 5.66. The Morgan fingerprint density at radius 2 is 2.11 bits per heavy atom. The average Bonchev–Trinajstić information content (AvgIpc) is 2.40. The summed E-state index contributed by atoms with van der Waals surface area (Å²) in [5.41, 5.74) is 0.316. The molecule has 0 bridgehead atoms. The van der Waals surface area contributed by atoms with Gasteiger partial charge in [0.05, 0.1) is 0 Å². The van der Waals surface area contributed by atoms with Crippen LogP contribution >= 0.6 is 0 Å². The number of halogens is 1. The molecule has 1 rings (SSSR count). The molecule has 0 saturated carbocycles. The molecule has 0 saturated heterocycles. The van der Waals surface area contributed by atoms with Crippen molar-refractivity contribution >= 4 is 6.09 Å². The first kappa shape index (κ1) is 15.4. The fourth-order valence-electron chi connectivity index (χ4n) is 1.61. The monoisotopic (exact) mass is 271 g/mol. The van der Waals surface area contributed by atoms with Gasteiger partial charge in [-0.2, -0.15) is 0 Å². The van der Waals surface area contributed by atoms with Crippen molar-refractivity contribution < 1.29 is 23.4 Å². The molecule has 0 aliphatic heterocycles. The van der Waals surface area contributed by atoms with Crippen LogP contribution in [0.2, 0.25) is 0 Å². The number of ether oxygens (including phenoxy) is 3. The van der Waals surface area contributed by atoms with Crippen LogP contribution < -0.4 is 5.32 Å². The van der Waals surface area contributed by atoms with Crippen LogP contribution in [0.15, 0.2) is 24.3 Å². The lowest BCUT2D eigenvalue weighted by Crippen LogP contribution is -2.30. The van der Waals surface area contributed by atoms with Gasteiger partial charge in [-0.15, -0.1) is 0 Å². The van der Waals surface area contributed by atoms with E-state index in [4.69, 9.17) is 14.2 Å². The first-order chi connectivity index (χ1) is 9.10. The standard InChI is InChI=1S/C13H18FNO4/c1-9(19-13(16)15-2)12(18-8-17-3)10-6-4-5-7-11(10)14/h4-7,9,12H,8H2,1-3H3,(H,15,16). The molecular formula is C13H18FNO4. The first-order valence-electron chi connectivity index (χ1n) is 5.83. The van der Waals surface area contributed by atoms with E-state index in [0.717, 1.165) is 0 Å². The third-order valence-electron chi connectivity index (χ3n) is 2.50. The summed E-state index contributed by atoms with van der Waals surface area (Å²) in [4.78, 5) is 11.2. The smallest absolute Gasteiger partial charge is 0.407 e. The fourth-order valence-corrected chi connectivity index (χ4v) is 1.61. The van der Waals surface area contributed by atoms with Crippen molar-refractivity contribution in [2.24, 2.45) is 0 Å². The highest BCUT2D eigenvalue weighted by Gasteiger charge is 2.25. The minimum absolute atomic E-state index is 0.0273. The fraction of sp³-hybridized carbons (Fsp3) is 0.462. The third kappa shape index (κ3) is 4.50. The molecule has 0 aliphatic carbocycles. The summed E-state index contributed by atoms with van der Waals surface area (Å²) in [6.45, 7) is 1.60. The Labute approximate surface area is 111 Å². The lowest BCUT2D eigenvalue weighted by Gasteiger charge is -2.24. The molecule has 106 valence electrons. The van der Waals surface area contributed by atoms with Crippen molar-refractivity contribution in [3.05, 3.63) is 35.6 Å². The van der Waals surface area contributed by atoms with E-state index in [2.05, 4.69) is 5.32 Å². The van der Waals surface area contributed by atoms with Crippen LogP contribution in [-0.4, -0.2) is 33.1 Å². The van der Waals surface area contributed by atoms with E-state index in [0.29, 0.717) is 5.56 Å². The second-order valence-corrected chi connectivity index (χ2v) is 3.88. The van der Waals surface area contributed by atoms with Gasteiger partial charge in [0.1, 0.15) is 24.8 Å². The van der Waals surface area contributed by atoms with Gasteiger partial charge in [-0.05, 0) is 13.0 Å². The minimum Gasteiger partial charge on any atom is -0.443 e. The van der Waals surface area contributed by atoms with E-state index in [1.54, 1.807) is 25.1 Å². The molecule has 1 aromatic rings. The maximum atomic E-state index is 13.8. The summed E-state index contributed by atoms with van der Waals surface area (Å²) in [5.74, 6) is -0.420. The van der Waals surface area contributed by atoms with Gasteiger partial charge in [0.15, 0.2) is 0 Å². The van der Waals surface area contributed by atoms with E-state index in [9.17, 15) is 9.18 Å². The van der Waals surface area contributed by atoms with Crippen LogP contribution in [0, 0.1) is 5.82 Å². The summed E-state index contributed by atoms with van der Waals surface area (Å²) < 4.78 is 29.1. The molecule has 1 N–H and O–H groups in total. The molecule has 1 amide bonds. The Bertz CT molecular complexity index is 413. The van der Waals surface area contributed by atoms with Crippen LogP contribution in [0.4, 0.5) is 9.18 Å². The number of hydrogen-bond donors (Lipinski definition) is 1. The SMILES string of the molecule is CNC(=O)OC(C)C(OCOC)c1ccccc1F. The van der Waals surface area contributed by atoms with Gasteiger partial charge >= 0.3 is 6.09 Å². The van der Waals surface area contributed by atoms with Crippen molar-refractivity contribution in [1.82, 2.24) is 5.32 Å². The lowest BCUT2D eigenvalue weighted by molar-refractivity contribution is -0.112. The molecule has 0 radical (unpaired) electrons. The van der Waals surface area contributed by atoms with Crippen LogP contribution in [0.3, 0.4) is 0 Å². The van der Waals surface area contributed by atoms with Crippen molar-refractivity contribution in [3.8, 4) is 0 Å². The summed E-state index contributed by atoms with van der Waals surface area (Å²) in [6.07, 6.45) is -2.00. The van der Waals surface area contributed by atoms with Gasteiger partial charge in [0.25, 0.3) is 0 Å². The predicted octanol–water partition coefficient (Wildman–Crippen LogP) is 2.23. The summed E-state index contributed by atoms with van der Waals surface area (Å²) in [5, 5.41) is 2.33. The minimum atomic E-state index is -0.738. The molecular weight excluding hydrogens is 253 g/mol. The number of methoxy groups -OCH3 is 1. The second kappa shape index (κ2) is 7.70. The lowest BCUT2D eigenvalue weighted by atomic mass is 10.0. The zero-order chi connectivity index (χ0) is 14.3. The Morgan fingerprint density at radius 1 is 1.42 bits per heavy atom. The van der Waals surface area contributed by atoms with E-state index in [-0.39, 0.29) is 6.79 Å². The molecule has 2 atom stereocenters. The highest BCUT2D eigenvalue weighted by Crippen LogP contribution is 2.25. The number of carbonyl (C=O) groups excluding carboxylic acids is 1. The Kier molecular flexibility index (Phi) is 6.24. The van der Waals surface area contributed by atoms with Crippen molar-refractivity contribution in [2.45, 2.75) is 19.1 Å². The van der Waals surface area contributed by atoms with Gasteiger partial charge < -0.3 is 19.5 Å². The van der Waals surface area contributed by atoms with E-state index in [1.807, 2.05) is 0 Å². The zero-order valence-corrected chi connectivity index (χ0v) is 11.2. The number of carbonyl (C=O) groups is 1. The zero-order valence-electron chi connectivity index (χ0n) is 11.2. The molecule has 0 aromatic heterocycles. The molecule has 6 heteroatoms. The van der Waals surface area contributed by atoms with Crippen molar-refractivity contribution in [1.29, 1.82) is 0 Å². The molecule has 1 aromatic carbocycles. The molecule has 0 aliphatic rings. The number of amides is 1. The van der Waals surface area contributed by atoms with Crippen LogP contribution in [0.25, 0.3) is 0 Å². The van der Waals surface area contributed by atoms with E-state index in [1.165, 1.54) is 20.2 Å². The highest BCUT2D eigenvalue weighted by atomic mass is 19.1. The summed E-state index contributed by atoms with van der Waals surface area (Å²) in [7, 11) is 2.91. The summed E-state index contributed by atoms with van der Waals surface area (Å²) >= 11 is 0. The molecule has 5 nitrogen and oxygen atoms in total. The number of rotatable bonds is 6. The Hall–Kier alpha value is -1.66. The molecule has 2 unspecified atom stereocenters. The number of hydrogen-bond acceptors (Lipinski definition) is 4. The maximum Gasteiger partial charge on any atom is 0.407 e. The van der Waals surface area contributed by atoms with Crippen LogP contribution in [0.1, 0.15) is 18.6 Å². The van der Waals surface area contributed by atoms with E-state index >= 15 is 0 Å². The number of alkyl carbamates (subject to hydrolysis) is 1. The van der Waals surface area contributed by atoms with Gasteiger partial charge in [0.2, 0.25) is 0 Å². The van der Waals surface area contributed by atoms with Crippen molar-refractivity contribution in [2.75, 3.05) is 21.0 Å². The average molecular weight is 271 g/mol. The van der Waals surface area contributed by atoms with Crippen LogP contribution in [0.5, 0.6) is 0 Å². The second-order valence-electron chi connectivity index (χ2n) is 3.88. The normalized spacial score (nSPS) is 13.7. The number of benzene rings is 1. The maximum absolute atomic E-state index is 13.8. The number of nitrogens with one attached hydrogen (secondary N) is 1. The largest absolute Gasteiger partial charge is 0.443 e. The molecule has 0 spiro atoms. The van der Waals surface area contributed by atoms with Gasteiger partial charge in [-0.1, -0.05) is 18.2 Å². The van der Waals surface area contributed by atoms with Gasteiger partial charge in [0, 0.05) is 19.7 Å². The molecule has 19 heavy (non-hydrogen) atoms. The third-order valence-corrected chi connectivity index (χ3v) is 2.50. The molecule has 0 heterocycles. The Balaban J connectivity index is 2.88. The van der Waals surface area contributed by atoms with E-state index < -0.39 is 24.1 Å². The van der Waals surface area contributed by atoms with Gasteiger partial charge in [-0.25, -0.2) is 9.18 Å². The predicted molar refractivity (Wildman–Crippen MR) is 67.1 cm³/mol. The molecule has 0 fully saturated rings. The topological polar surface area (TPSA) is 56.8 Å². The Morgan fingerprint density at radius 3 is 2.68 bits per heavy atom. The van der Waals surface area contributed by atoms with Gasteiger partial charge in [-0.3, -0.25) is 0 Å². The van der Waals surface area contributed by atoms with Crippen molar-refractivity contribution in [3.63, 3.8) is 0 Å².